The van der Waals surface area contributed by atoms with Crippen LogP contribution in [0.3, 0.4) is 0 Å². The minimum absolute atomic E-state index is 0.337. The van der Waals surface area contributed by atoms with E-state index >= 15 is 0 Å². The molecule has 9 heteroatoms. The second kappa shape index (κ2) is 10.3. The molecule has 1 N–H and O–H groups in total. The Morgan fingerprint density at radius 3 is 2.21 bits per heavy atom. The van der Waals surface area contributed by atoms with Crippen LogP contribution < -0.4 is 10.2 Å². The lowest BCUT2D eigenvalue weighted by atomic mass is 9.97. The van der Waals surface area contributed by atoms with Gasteiger partial charge >= 0.3 is 12.2 Å². The number of benzene rings is 3. The molecule has 2 heterocycles. The number of halogens is 3. The lowest BCUT2D eigenvalue weighted by Gasteiger charge is -2.40. The molecule has 3 aromatic carbocycles. The van der Waals surface area contributed by atoms with Crippen molar-refractivity contribution in [3.63, 3.8) is 0 Å². The SMILES string of the molecule is CC(C)N(CC(=O)N1c2ccccc2-n2cccc2[C@@H]1c1ccccc1)C(=O)Nc1ccccc1C(F)(F)F. The minimum atomic E-state index is -4.64. The van der Waals surface area contributed by atoms with Gasteiger partial charge in [-0.3, -0.25) is 9.69 Å². The summed E-state index contributed by atoms with van der Waals surface area (Å²) in [7, 11) is 0. The molecule has 0 spiro atoms. The topological polar surface area (TPSA) is 57.6 Å². The van der Waals surface area contributed by atoms with Crippen LogP contribution in [0.4, 0.5) is 29.3 Å². The van der Waals surface area contributed by atoms with Crippen molar-refractivity contribution in [2.45, 2.75) is 32.1 Å². The van der Waals surface area contributed by atoms with Crippen molar-refractivity contribution in [2.75, 3.05) is 16.8 Å². The van der Waals surface area contributed by atoms with Gasteiger partial charge in [-0.15, -0.1) is 0 Å². The summed E-state index contributed by atoms with van der Waals surface area (Å²) >= 11 is 0. The fourth-order valence-corrected chi connectivity index (χ4v) is 4.95. The molecule has 3 amide bonds. The molecular formula is C30H27F3N4O2. The summed E-state index contributed by atoms with van der Waals surface area (Å²) in [6.45, 7) is 3.09. The Balaban J connectivity index is 1.50. The van der Waals surface area contributed by atoms with Crippen LogP contribution in [0.5, 0.6) is 0 Å². The fraction of sp³-hybridized carbons (Fsp3) is 0.200. The monoisotopic (exact) mass is 532 g/mol. The molecule has 1 aromatic heterocycles. The van der Waals surface area contributed by atoms with Gasteiger partial charge in [-0.2, -0.15) is 13.2 Å². The van der Waals surface area contributed by atoms with E-state index in [1.54, 1.807) is 18.7 Å². The maximum absolute atomic E-state index is 14.1. The number of alkyl halides is 3. The Morgan fingerprint density at radius 1 is 0.872 bits per heavy atom. The highest BCUT2D eigenvalue weighted by molar-refractivity contribution is 6.01. The van der Waals surface area contributed by atoms with E-state index in [0.29, 0.717) is 5.69 Å². The van der Waals surface area contributed by atoms with Gasteiger partial charge in [0.05, 0.1) is 28.3 Å². The van der Waals surface area contributed by atoms with Crippen LogP contribution in [-0.2, 0) is 11.0 Å². The molecule has 0 saturated carbocycles. The predicted molar refractivity (Wildman–Crippen MR) is 144 cm³/mol. The van der Waals surface area contributed by atoms with Crippen LogP contribution in [0.2, 0.25) is 0 Å². The Kier molecular flexibility index (Phi) is 6.91. The molecule has 0 radical (unpaired) electrons. The van der Waals surface area contributed by atoms with Gasteiger partial charge in [-0.1, -0.05) is 54.6 Å². The number of para-hydroxylation sites is 3. The third-order valence-corrected chi connectivity index (χ3v) is 6.77. The minimum Gasteiger partial charge on any atom is -0.316 e. The molecule has 1 aliphatic rings. The normalized spacial score (nSPS) is 14.5. The zero-order valence-corrected chi connectivity index (χ0v) is 21.4. The van der Waals surface area contributed by atoms with E-state index in [4.69, 9.17) is 0 Å². The van der Waals surface area contributed by atoms with E-state index in [1.165, 1.54) is 23.1 Å². The van der Waals surface area contributed by atoms with Crippen molar-refractivity contribution < 1.29 is 22.8 Å². The molecule has 200 valence electrons. The van der Waals surface area contributed by atoms with Crippen molar-refractivity contribution in [1.82, 2.24) is 9.47 Å². The summed E-state index contributed by atoms with van der Waals surface area (Å²) in [5.41, 5.74) is 1.94. The molecule has 0 aliphatic carbocycles. The quantitative estimate of drug-likeness (QED) is 0.305. The number of carbonyl (C=O) groups is 2. The molecule has 39 heavy (non-hydrogen) atoms. The number of hydrogen-bond acceptors (Lipinski definition) is 2. The Hall–Kier alpha value is -4.53. The number of anilines is 2. The van der Waals surface area contributed by atoms with E-state index < -0.39 is 29.9 Å². The maximum atomic E-state index is 14.1. The van der Waals surface area contributed by atoms with Crippen LogP contribution >= 0.6 is 0 Å². The standard InChI is InChI=1S/C30H27F3N4O2/c1-20(2)36(29(39)34-23-14-7-6-13-22(23)30(31,32)33)19-27(38)37-25-16-9-8-15-24(25)35-18-10-17-26(35)28(37)21-11-4-3-5-12-21/h3-18,20,28H,19H2,1-2H3,(H,34,39)/t28-/m0/s1. The summed E-state index contributed by atoms with van der Waals surface area (Å²) in [5.74, 6) is -0.364. The van der Waals surface area contributed by atoms with E-state index in [-0.39, 0.29) is 18.1 Å². The number of amides is 3. The molecule has 0 fully saturated rings. The lowest BCUT2D eigenvalue weighted by molar-refractivity contribution is -0.137. The Morgan fingerprint density at radius 2 is 1.51 bits per heavy atom. The molecule has 6 nitrogen and oxygen atoms in total. The lowest BCUT2D eigenvalue weighted by Crippen LogP contribution is -2.49. The van der Waals surface area contributed by atoms with E-state index in [9.17, 15) is 22.8 Å². The highest BCUT2D eigenvalue weighted by atomic mass is 19.4. The molecule has 0 bridgehead atoms. The first-order chi connectivity index (χ1) is 18.7. The number of fused-ring (bicyclic) bond motifs is 3. The third kappa shape index (κ3) is 4.99. The first kappa shape index (κ1) is 26.1. The van der Waals surface area contributed by atoms with Crippen LogP contribution in [0.1, 0.15) is 36.7 Å². The summed E-state index contributed by atoms with van der Waals surface area (Å²) < 4.78 is 42.6. The first-order valence-corrected chi connectivity index (χ1v) is 12.5. The highest BCUT2D eigenvalue weighted by Crippen LogP contribution is 2.42. The molecule has 5 rings (SSSR count). The van der Waals surface area contributed by atoms with Gasteiger partial charge in [0.2, 0.25) is 5.91 Å². The van der Waals surface area contributed by atoms with Crippen molar-refractivity contribution in [3.8, 4) is 5.69 Å². The highest BCUT2D eigenvalue weighted by Gasteiger charge is 2.38. The molecule has 4 aromatic rings. The summed E-state index contributed by atoms with van der Waals surface area (Å²) in [5, 5.41) is 2.37. The number of hydrogen-bond donors (Lipinski definition) is 1. The van der Waals surface area contributed by atoms with Crippen molar-refractivity contribution in [1.29, 1.82) is 0 Å². The van der Waals surface area contributed by atoms with Crippen LogP contribution in [0.15, 0.2) is 97.2 Å². The average Bonchev–Trinajstić information content (AvgIpc) is 3.41. The fourth-order valence-electron chi connectivity index (χ4n) is 4.95. The first-order valence-electron chi connectivity index (χ1n) is 12.5. The van der Waals surface area contributed by atoms with Crippen LogP contribution in [-0.4, -0.2) is 34.0 Å². The number of carbonyl (C=O) groups excluding carboxylic acids is 2. The molecule has 1 atom stereocenters. The van der Waals surface area contributed by atoms with Gasteiger partial charge in [0.1, 0.15) is 12.6 Å². The molecule has 1 aliphatic heterocycles. The number of aromatic nitrogens is 1. The average molecular weight is 533 g/mol. The molecule has 0 unspecified atom stereocenters. The van der Waals surface area contributed by atoms with E-state index in [2.05, 4.69) is 5.32 Å². The summed E-state index contributed by atoms with van der Waals surface area (Å²) in [4.78, 5) is 30.3. The molecule has 0 saturated heterocycles. The van der Waals surface area contributed by atoms with Gasteiger partial charge in [0, 0.05) is 12.2 Å². The second-order valence-electron chi connectivity index (χ2n) is 9.56. The van der Waals surface area contributed by atoms with E-state index in [0.717, 1.165) is 23.0 Å². The van der Waals surface area contributed by atoms with Crippen molar-refractivity contribution >= 4 is 23.3 Å². The van der Waals surface area contributed by atoms with Gasteiger partial charge in [0.15, 0.2) is 0 Å². The zero-order chi connectivity index (χ0) is 27.7. The maximum Gasteiger partial charge on any atom is 0.418 e. The predicted octanol–water partition coefficient (Wildman–Crippen LogP) is 6.87. The molecular weight excluding hydrogens is 505 g/mol. The number of nitrogens with zero attached hydrogens (tertiary/aromatic N) is 3. The van der Waals surface area contributed by atoms with Gasteiger partial charge < -0.3 is 14.8 Å². The van der Waals surface area contributed by atoms with Gasteiger partial charge in [-0.25, -0.2) is 4.79 Å². The summed E-state index contributed by atoms with van der Waals surface area (Å²) in [6.07, 6.45) is -2.70. The largest absolute Gasteiger partial charge is 0.418 e. The third-order valence-electron chi connectivity index (χ3n) is 6.77. The Bertz CT molecular complexity index is 1500. The Labute approximate surface area is 224 Å². The summed E-state index contributed by atoms with van der Waals surface area (Å²) in [6, 6.07) is 24.0. The number of rotatable bonds is 5. The van der Waals surface area contributed by atoms with Crippen molar-refractivity contribution in [2.24, 2.45) is 0 Å². The number of urea groups is 1. The number of nitrogens with one attached hydrogen (secondary N) is 1. The zero-order valence-electron chi connectivity index (χ0n) is 21.4. The van der Waals surface area contributed by atoms with Crippen LogP contribution in [0, 0.1) is 0 Å². The van der Waals surface area contributed by atoms with Crippen molar-refractivity contribution in [3.05, 3.63) is 114 Å². The van der Waals surface area contributed by atoms with Gasteiger partial charge in [-0.05, 0) is 55.8 Å². The smallest absolute Gasteiger partial charge is 0.316 e. The van der Waals surface area contributed by atoms with Crippen LogP contribution in [0.25, 0.3) is 5.69 Å². The second-order valence-corrected chi connectivity index (χ2v) is 9.56. The van der Waals surface area contributed by atoms with E-state index in [1.807, 2.05) is 77.5 Å². The van der Waals surface area contributed by atoms with Gasteiger partial charge in [0.25, 0.3) is 0 Å².